The van der Waals surface area contributed by atoms with Gasteiger partial charge in [-0.15, -0.1) is 0 Å². The minimum absolute atomic E-state index is 0.323. The molecule has 0 aliphatic heterocycles. The summed E-state index contributed by atoms with van der Waals surface area (Å²) < 4.78 is 12.4. The molecule has 0 aromatic carbocycles. The molecule has 0 spiro atoms. The van der Waals surface area contributed by atoms with Gasteiger partial charge in [-0.05, 0) is 12.1 Å². The van der Waals surface area contributed by atoms with Crippen molar-refractivity contribution in [3.05, 3.63) is 29.8 Å². The summed E-state index contributed by atoms with van der Waals surface area (Å²) in [5, 5.41) is 4.56. The van der Waals surface area contributed by atoms with Crippen LogP contribution in [-0.4, -0.2) is 16.8 Å². The van der Waals surface area contributed by atoms with Gasteiger partial charge in [0.25, 0.3) is 0 Å². The van der Waals surface area contributed by atoms with Crippen molar-refractivity contribution >= 4 is 6.72 Å². The molecule has 1 heterocycles. The van der Waals surface area contributed by atoms with Crippen molar-refractivity contribution in [1.82, 2.24) is 10.1 Å². The first-order valence-electron chi connectivity index (χ1n) is 3.31. The molecule has 0 saturated heterocycles. The van der Waals surface area contributed by atoms with Crippen LogP contribution < -0.4 is 5.84 Å². The molecule has 0 saturated carbocycles. The minimum Gasteiger partial charge on any atom is -0.256 e. The van der Waals surface area contributed by atoms with Gasteiger partial charge in [-0.1, -0.05) is 0 Å². The first-order chi connectivity index (χ1) is 5.72. The zero-order valence-electron chi connectivity index (χ0n) is 6.44. The summed E-state index contributed by atoms with van der Waals surface area (Å²) in [5.74, 6) is 4.95. The second-order valence-electron chi connectivity index (χ2n) is 2.21. The van der Waals surface area contributed by atoms with Crippen molar-refractivity contribution in [1.29, 1.82) is 0 Å². The zero-order valence-corrected chi connectivity index (χ0v) is 6.44. The van der Waals surface area contributed by atoms with Crippen LogP contribution in [0.4, 0.5) is 4.39 Å². The van der Waals surface area contributed by atoms with Crippen LogP contribution in [0.2, 0.25) is 0 Å². The summed E-state index contributed by atoms with van der Waals surface area (Å²) in [6, 6.07) is 2.86. The highest BCUT2D eigenvalue weighted by atomic mass is 19.1. The summed E-state index contributed by atoms with van der Waals surface area (Å²) in [6.07, 6.45) is 1.13. The van der Waals surface area contributed by atoms with Gasteiger partial charge in [0.1, 0.15) is 5.82 Å². The van der Waals surface area contributed by atoms with Crippen LogP contribution in [0, 0.1) is 5.82 Å². The fraction of sp³-hybridized carbons (Fsp3) is 0.143. The van der Waals surface area contributed by atoms with Gasteiger partial charge >= 0.3 is 0 Å². The quantitative estimate of drug-likeness (QED) is 0.406. The van der Waals surface area contributed by atoms with E-state index >= 15 is 0 Å². The van der Waals surface area contributed by atoms with Gasteiger partial charge in [0.2, 0.25) is 0 Å². The van der Waals surface area contributed by atoms with Crippen LogP contribution in [0.25, 0.3) is 0 Å². The van der Waals surface area contributed by atoms with Gasteiger partial charge in [0.15, 0.2) is 0 Å². The minimum atomic E-state index is -0.367. The van der Waals surface area contributed by atoms with Crippen molar-refractivity contribution in [2.24, 2.45) is 10.9 Å². The second-order valence-corrected chi connectivity index (χ2v) is 2.21. The molecular formula is C7H9FN4. The average molecular weight is 168 g/mol. The third-order valence-corrected chi connectivity index (χ3v) is 1.29. The van der Waals surface area contributed by atoms with Crippen molar-refractivity contribution in [3.63, 3.8) is 0 Å². The van der Waals surface area contributed by atoms with Gasteiger partial charge in [-0.25, -0.2) is 15.4 Å². The Kier molecular flexibility index (Phi) is 2.71. The SMILES string of the molecule is C=NN(N)Cc1ccc(F)cn1. The standard InChI is InChI=1S/C7H9FN4/c1-10-12(9)5-7-3-2-6(8)4-11-7/h2-4H,1,5,9H2. The van der Waals surface area contributed by atoms with E-state index in [-0.39, 0.29) is 5.82 Å². The van der Waals surface area contributed by atoms with Gasteiger partial charge < -0.3 is 0 Å². The average Bonchev–Trinajstić information content (AvgIpc) is 2.09. The number of aromatic nitrogens is 1. The van der Waals surface area contributed by atoms with Crippen molar-refractivity contribution in [2.45, 2.75) is 6.54 Å². The summed E-state index contributed by atoms with van der Waals surface area (Å²) in [6.45, 7) is 3.55. The van der Waals surface area contributed by atoms with E-state index in [1.165, 1.54) is 6.07 Å². The lowest BCUT2D eigenvalue weighted by Gasteiger charge is -2.09. The summed E-state index contributed by atoms with van der Waals surface area (Å²) in [5.41, 5.74) is 0.645. The second kappa shape index (κ2) is 3.77. The Balaban J connectivity index is 2.64. The highest BCUT2D eigenvalue weighted by Gasteiger charge is 1.97. The lowest BCUT2D eigenvalue weighted by atomic mass is 10.3. The number of hydrogen-bond donors (Lipinski definition) is 1. The molecule has 0 bridgehead atoms. The van der Waals surface area contributed by atoms with Gasteiger partial charge in [-0.3, -0.25) is 4.98 Å². The Morgan fingerprint density at radius 2 is 2.42 bits per heavy atom. The first kappa shape index (κ1) is 8.61. The number of nitrogens with zero attached hydrogens (tertiary/aromatic N) is 3. The van der Waals surface area contributed by atoms with E-state index in [9.17, 15) is 4.39 Å². The Bertz CT molecular complexity index is 259. The molecule has 0 amide bonds. The molecule has 0 radical (unpaired) electrons. The maximum atomic E-state index is 12.4. The maximum absolute atomic E-state index is 12.4. The fourth-order valence-electron chi connectivity index (χ4n) is 0.716. The number of hydrogen-bond acceptors (Lipinski definition) is 4. The largest absolute Gasteiger partial charge is 0.256 e. The summed E-state index contributed by atoms with van der Waals surface area (Å²) in [4.78, 5) is 3.78. The molecule has 4 nitrogen and oxygen atoms in total. The summed E-state index contributed by atoms with van der Waals surface area (Å²) >= 11 is 0. The summed E-state index contributed by atoms with van der Waals surface area (Å²) in [7, 11) is 0. The molecular weight excluding hydrogens is 159 g/mol. The van der Waals surface area contributed by atoms with Crippen LogP contribution >= 0.6 is 0 Å². The topological polar surface area (TPSA) is 54.5 Å². The van der Waals surface area contributed by atoms with Crippen LogP contribution in [0.15, 0.2) is 23.4 Å². The van der Waals surface area contributed by atoms with Crippen molar-refractivity contribution < 1.29 is 4.39 Å². The third kappa shape index (κ3) is 2.28. The first-order valence-corrected chi connectivity index (χ1v) is 3.31. The smallest absolute Gasteiger partial charge is 0.141 e. The molecule has 0 aliphatic carbocycles. The Hall–Kier alpha value is -1.49. The molecule has 5 heteroatoms. The van der Waals surface area contributed by atoms with E-state index < -0.39 is 0 Å². The van der Waals surface area contributed by atoms with E-state index in [0.29, 0.717) is 12.2 Å². The Morgan fingerprint density at radius 1 is 1.67 bits per heavy atom. The van der Waals surface area contributed by atoms with Crippen LogP contribution in [0.5, 0.6) is 0 Å². The number of rotatable bonds is 3. The highest BCUT2D eigenvalue weighted by Crippen LogP contribution is 1.99. The lowest BCUT2D eigenvalue weighted by Crippen LogP contribution is -2.24. The van der Waals surface area contributed by atoms with Crippen LogP contribution in [0.3, 0.4) is 0 Å². The number of pyridine rings is 1. The van der Waals surface area contributed by atoms with Gasteiger partial charge in [0.05, 0.1) is 18.4 Å². The number of nitrogens with two attached hydrogens (primary N) is 1. The van der Waals surface area contributed by atoms with Crippen molar-refractivity contribution in [3.8, 4) is 0 Å². The van der Waals surface area contributed by atoms with E-state index in [2.05, 4.69) is 16.8 Å². The Morgan fingerprint density at radius 3 is 2.92 bits per heavy atom. The van der Waals surface area contributed by atoms with Gasteiger partial charge in [-0.2, -0.15) is 5.10 Å². The fourth-order valence-corrected chi connectivity index (χ4v) is 0.716. The van der Waals surface area contributed by atoms with E-state index in [1.807, 2.05) is 0 Å². The molecule has 0 aliphatic rings. The van der Waals surface area contributed by atoms with Crippen LogP contribution in [0.1, 0.15) is 5.69 Å². The molecule has 2 N–H and O–H groups in total. The third-order valence-electron chi connectivity index (χ3n) is 1.29. The lowest BCUT2D eigenvalue weighted by molar-refractivity contribution is 0.289. The molecule has 0 fully saturated rings. The molecule has 1 aromatic heterocycles. The molecule has 12 heavy (non-hydrogen) atoms. The van der Waals surface area contributed by atoms with Crippen LogP contribution in [-0.2, 0) is 6.54 Å². The Labute approximate surface area is 69.5 Å². The highest BCUT2D eigenvalue weighted by molar-refractivity contribution is 5.22. The van der Waals surface area contributed by atoms with E-state index in [1.54, 1.807) is 6.07 Å². The molecule has 64 valence electrons. The molecule has 1 rings (SSSR count). The molecule has 0 atom stereocenters. The van der Waals surface area contributed by atoms with E-state index in [0.717, 1.165) is 11.3 Å². The van der Waals surface area contributed by atoms with E-state index in [4.69, 9.17) is 5.84 Å². The zero-order chi connectivity index (χ0) is 8.97. The predicted molar refractivity (Wildman–Crippen MR) is 43.5 cm³/mol. The van der Waals surface area contributed by atoms with Gasteiger partial charge in [0, 0.05) is 6.72 Å². The predicted octanol–water partition coefficient (Wildman–Crippen LogP) is 0.512. The number of hydrazine groups is 1. The maximum Gasteiger partial charge on any atom is 0.141 e. The normalized spacial score (nSPS) is 9.50. The van der Waals surface area contributed by atoms with Crippen molar-refractivity contribution in [2.75, 3.05) is 0 Å². The number of halogens is 1. The monoisotopic (exact) mass is 168 g/mol. The molecule has 1 aromatic rings. The molecule has 0 unspecified atom stereocenters. The number of hydrazone groups is 1.